The average Bonchev–Trinajstić information content (AvgIpc) is 2.76. The van der Waals surface area contributed by atoms with Crippen molar-refractivity contribution in [1.82, 2.24) is 15.1 Å². The number of nitro benzene ring substituents is 1. The molecule has 0 bridgehead atoms. The SMILES string of the molecule is Cc1cc(=O)c(C(=O)NCCOc2ccc(C(C)(C)C)cc2)nn1-c1ccccc1[N+](=O)[O-]. The van der Waals surface area contributed by atoms with Gasteiger partial charge in [0.05, 0.1) is 11.5 Å². The van der Waals surface area contributed by atoms with E-state index in [1.165, 1.54) is 34.5 Å². The number of hydrogen-bond acceptors (Lipinski definition) is 6. The van der Waals surface area contributed by atoms with Gasteiger partial charge in [0.15, 0.2) is 5.69 Å². The first-order valence-corrected chi connectivity index (χ1v) is 10.4. The number of rotatable bonds is 7. The molecule has 2 aromatic carbocycles. The van der Waals surface area contributed by atoms with E-state index in [1.54, 1.807) is 13.0 Å². The largest absolute Gasteiger partial charge is 0.492 e. The highest BCUT2D eigenvalue weighted by Crippen LogP contribution is 2.24. The number of nitro groups is 1. The quantitative estimate of drug-likeness (QED) is 0.334. The second-order valence-corrected chi connectivity index (χ2v) is 8.53. The lowest BCUT2D eigenvalue weighted by Gasteiger charge is -2.19. The van der Waals surface area contributed by atoms with Crippen LogP contribution in [0.5, 0.6) is 5.75 Å². The van der Waals surface area contributed by atoms with Gasteiger partial charge in [0.2, 0.25) is 5.43 Å². The Morgan fingerprint density at radius 1 is 1.15 bits per heavy atom. The van der Waals surface area contributed by atoms with Crippen LogP contribution in [0.2, 0.25) is 0 Å². The minimum absolute atomic E-state index is 0.0423. The monoisotopic (exact) mass is 450 g/mol. The van der Waals surface area contributed by atoms with E-state index in [9.17, 15) is 19.7 Å². The zero-order valence-electron chi connectivity index (χ0n) is 19.0. The van der Waals surface area contributed by atoms with Crippen molar-refractivity contribution in [3.63, 3.8) is 0 Å². The van der Waals surface area contributed by atoms with Gasteiger partial charge in [-0.05, 0) is 36.1 Å². The van der Waals surface area contributed by atoms with E-state index in [4.69, 9.17) is 4.74 Å². The molecule has 9 heteroatoms. The van der Waals surface area contributed by atoms with Crippen molar-refractivity contribution >= 4 is 11.6 Å². The first-order valence-electron chi connectivity index (χ1n) is 10.4. The van der Waals surface area contributed by atoms with Gasteiger partial charge >= 0.3 is 0 Å². The number of aryl methyl sites for hydroxylation is 1. The summed E-state index contributed by atoms with van der Waals surface area (Å²) in [6.45, 7) is 8.32. The standard InChI is InChI=1S/C24H26N4O5/c1-16-15-21(29)22(26-27(16)19-7-5-6-8-20(19)28(31)32)23(30)25-13-14-33-18-11-9-17(10-12-18)24(2,3)4/h5-12,15H,13-14H2,1-4H3,(H,25,30). The van der Waals surface area contributed by atoms with Crippen molar-refractivity contribution in [3.05, 3.63) is 91.9 Å². The molecule has 1 heterocycles. The lowest BCUT2D eigenvalue weighted by atomic mass is 9.87. The summed E-state index contributed by atoms with van der Waals surface area (Å²) >= 11 is 0. The smallest absolute Gasteiger partial charge is 0.294 e. The van der Waals surface area contributed by atoms with Crippen molar-refractivity contribution in [2.24, 2.45) is 0 Å². The van der Waals surface area contributed by atoms with Crippen LogP contribution in [0.1, 0.15) is 42.5 Å². The van der Waals surface area contributed by atoms with Crippen LogP contribution in [0.25, 0.3) is 5.69 Å². The predicted molar refractivity (Wildman–Crippen MR) is 124 cm³/mol. The highest BCUT2D eigenvalue weighted by Gasteiger charge is 2.20. The molecule has 1 aromatic heterocycles. The van der Waals surface area contributed by atoms with Gasteiger partial charge in [0.1, 0.15) is 18.0 Å². The number of amides is 1. The van der Waals surface area contributed by atoms with Gasteiger partial charge in [-0.3, -0.25) is 19.7 Å². The van der Waals surface area contributed by atoms with Gasteiger partial charge in [-0.25, -0.2) is 4.68 Å². The fraction of sp³-hybridized carbons (Fsp3) is 0.292. The first kappa shape index (κ1) is 23.6. The van der Waals surface area contributed by atoms with E-state index < -0.39 is 16.3 Å². The zero-order chi connectivity index (χ0) is 24.2. The van der Waals surface area contributed by atoms with Crippen LogP contribution in [0.3, 0.4) is 0 Å². The minimum Gasteiger partial charge on any atom is -0.492 e. The highest BCUT2D eigenvalue weighted by molar-refractivity contribution is 5.92. The number of carbonyl (C=O) groups is 1. The molecule has 1 N–H and O–H groups in total. The summed E-state index contributed by atoms with van der Waals surface area (Å²) in [5.74, 6) is -0.0107. The van der Waals surface area contributed by atoms with E-state index in [-0.39, 0.29) is 35.6 Å². The predicted octanol–water partition coefficient (Wildman–Crippen LogP) is 3.56. The molecule has 0 aliphatic rings. The van der Waals surface area contributed by atoms with Crippen LogP contribution in [0.15, 0.2) is 59.4 Å². The van der Waals surface area contributed by atoms with Crippen LogP contribution in [0.4, 0.5) is 5.69 Å². The number of aromatic nitrogens is 2. The first-order chi connectivity index (χ1) is 15.6. The molecule has 0 spiro atoms. The minimum atomic E-state index is -0.681. The Morgan fingerprint density at radius 3 is 2.45 bits per heavy atom. The van der Waals surface area contributed by atoms with Gasteiger partial charge in [-0.1, -0.05) is 45.0 Å². The van der Waals surface area contributed by atoms with Gasteiger partial charge in [0, 0.05) is 17.8 Å². The third kappa shape index (κ3) is 5.62. The fourth-order valence-corrected chi connectivity index (χ4v) is 3.21. The molecule has 0 fully saturated rings. The molecule has 0 saturated carbocycles. The number of nitrogens with zero attached hydrogens (tertiary/aromatic N) is 3. The van der Waals surface area contributed by atoms with Crippen molar-refractivity contribution in [1.29, 1.82) is 0 Å². The van der Waals surface area contributed by atoms with Crippen LogP contribution in [-0.4, -0.2) is 33.8 Å². The normalized spacial score (nSPS) is 11.2. The van der Waals surface area contributed by atoms with E-state index in [1.807, 2.05) is 24.3 Å². The summed E-state index contributed by atoms with van der Waals surface area (Å²) in [6.07, 6.45) is 0. The maximum atomic E-state index is 12.6. The fourth-order valence-electron chi connectivity index (χ4n) is 3.21. The molecule has 0 saturated heterocycles. The Kier molecular flexibility index (Phi) is 6.91. The third-order valence-corrected chi connectivity index (χ3v) is 5.01. The average molecular weight is 450 g/mol. The zero-order valence-corrected chi connectivity index (χ0v) is 19.0. The maximum Gasteiger partial charge on any atom is 0.294 e. The van der Waals surface area contributed by atoms with Gasteiger partial charge < -0.3 is 10.1 Å². The summed E-state index contributed by atoms with van der Waals surface area (Å²) in [5, 5.41) is 18.1. The number of nitrogens with one attached hydrogen (secondary N) is 1. The highest BCUT2D eigenvalue weighted by atomic mass is 16.6. The van der Waals surface area contributed by atoms with Crippen molar-refractivity contribution < 1.29 is 14.5 Å². The molecular formula is C24H26N4O5. The number of carbonyl (C=O) groups excluding carboxylic acids is 1. The van der Waals surface area contributed by atoms with Crippen molar-refractivity contribution in [2.45, 2.75) is 33.1 Å². The summed E-state index contributed by atoms with van der Waals surface area (Å²) in [4.78, 5) is 35.7. The Bertz CT molecular complexity index is 1230. The van der Waals surface area contributed by atoms with Crippen molar-refractivity contribution in [2.75, 3.05) is 13.2 Å². The van der Waals surface area contributed by atoms with Gasteiger partial charge in [-0.2, -0.15) is 5.10 Å². The molecule has 33 heavy (non-hydrogen) atoms. The molecule has 0 atom stereocenters. The van der Waals surface area contributed by atoms with Crippen LogP contribution in [-0.2, 0) is 5.41 Å². The summed E-state index contributed by atoms with van der Waals surface area (Å²) < 4.78 is 6.87. The number of para-hydroxylation sites is 2. The molecule has 0 unspecified atom stereocenters. The lowest BCUT2D eigenvalue weighted by molar-refractivity contribution is -0.384. The third-order valence-electron chi connectivity index (χ3n) is 5.01. The summed E-state index contributed by atoms with van der Waals surface area (Å²) in [5.41, 5.74) is 0.647. The molecule has 3 rings (SSSR count). The Hall–Kier alpha value is -4.01. The molecule has 0 aliphatic carbocycles. The van der Waals surface area contributed by atoms with Gasteiger partial charge in [0.25, 0.3) is 11.6 Å². The van der Waals surface area contributed by atoms with E-state index in [0.29, 0.717) is 11.4 Å². The number of hydrogen-bond donors (Lipinski definition) is 1. The molecular weight excluding hydrogens is 424 g/mol. The summed E-state index contributed by atoms with van der Waals surface area (Å²) in [6, 6.07) is 14.9. The van der Waals surface area contributed by atoms with Crippen LogP contribution < -0.4 is 15.5 Å². The molecule has 3 aromatic rings. The van der Waals surface area contributed by atoms with E-state index in [2.05, 4.69) is 31.2 Å². The molecule has 1 amide bonds. The lowest BCUT2D eigenvalue weighted by Crippen LogP contribution is -2.34. The number of ether oxygens (including phenoxy) is 1. The second kappa shape index (κ2) is 9.64. The maximum absolute atomic E-state index is 12.6. The van der Waals surface area contributed by atoms with Gasteiger partial charge in [-0.15, -0.1) is 0 Å². The molecule has 0 radical (unpaired) electrons. The molecule has 9 nitrogen and oxygen atoms in total. The topological polar surface area (TPSA) is 116 Å². The Morgan fingerprint density at radius 2 is 1.82 bits per heavy atom. The summed E-state index contributed by atoms with van der Waals surface area (Å²) in [7, 11) is 0. The molecule has 172 valence electrons. The van der Waals surface area contributed by atoms with Crippen molar-refractivity contribution in [3.8, 4) is 11.4 Å². The second-order valence-electron chi connectivity index (χ2n) is 8.53. The van der Waals surface area contributed by atoms with E-state index >= 15 is 0 Å². The van der Waals surface area contributed by atoms with Crippen LogP contribution in [0, 0.1) is 17.0 Å². The Balaban J connectivity index is 1.69. The van der Waals surface area contributed by atoms with Crippen LogP contribution >= 0.6 is 0 Å². The molecule has 0 aliphatic heterocycles. The van der Waals surface area contributed by atoms with E-state index in [0.717, 1.165) is 0 Å². The number of benzene rings is 2. The Labute approximate surface area is 191 Å².